The molecule has 1 N–H and O–H groups in total. The highest BCUT2D eigenvalue weighted by molar-refractivity contribution is 6.42. The lowest BCUT2D eigenvalue weighted by Crippen LogP contribution is -2.15. The Morgan fingerprint density at radius 3 is 2.75 bits per heavy atom. The lowest BCUT2D eigenvalue weighted by atomic mass is 10.2. The summed E-state index contributed by atoms with van der Waals surface area (Å²) in [5.74, 6) is 0.862. The normalized spacial score (nSPS) is 10.9. The van der Waals surface area contributed by atoms with E-state index in [-0.39, 0.29) is 12.3 Å². The minimum atomic E-state index is -0.403. The number of aryl methyl sites for hydroxylation is 2. The summed E-state index contributed by atoms with van der Waals surface area (Å²) in [4.78, 5) is 12.8. The molecule has 4 rings (SSSR count). The molecule has 0 spiro atoms. The quantitative estimate of drug-likeness (QED) is 0.375. The lowest BCUT2D eigenvalue weighted by Gasteiger charge is -2.09. The second-order valence-electron chi connectivity index (χ2n) is 7.25. The van der Waals surface area contributed by atoms with Gasteiger partial charge >= 0.3 is 0 Å². The molecule has 0 saturated carbocycles. The van der Waals surface area contributed by atoms with E-state index < -0.39 is 5.91 Å². The van der Waals surface area contributed by atoms with Crippen molar-refractivity contribution in [1.82, 2.24) is 14.9 Å². The molecule has 0 saturated heterocycles. The van der Waals surface area contributed by atoms with E-state index in [0.717, 1.165) is 16.9 Å². The van der Waals surface area contributed by atoms with Gasteiger partial charge in [-0.15, -0.1) is 0 Å². The second kappa shape index (κ2) is 9.46. The third-order valence-corrected chi connectivity index (χ3v) is 5.62. The van der Waals surface area contributed by atoms with Crippen LogP contribution >= 0.6 is 23.2 Å². The predicted octanol–water partition coefficient (Wildman–Crippen LogP) is 5.67. The number of para-hydroxylation sites is 1. The van der Waals surface area contributed by atoms with Crippen LogP contribution in [-0.4, -0.2) is 20.8 Å². The zero-order chi connectivity index (χ0) is 22.7. The molecule has 0 aliphatic rings. The van der Waals surface area contributed by atoms with Crippen molar-refractivity contribution in [3.8, 4) is 5.75 Å². The SMILES string of the molecule is Cc1ccccc1OCc1c(C(=O)Nc2cnn(Cc3ccc(Cl)c(Cl)c3)c2)noc1C. The average Bonchev–Trinajstić information content (AvgIpc) is 3.36. The summed E-state index contributed by atoms with van der Waals surface area (Å²) in [5.41, 5.74) is 3.23. The molecule has 0 aliphatic carbocycles. The molecule has 0 radical (unpaired) electrons. The molecule has 0 bridgehead atoms. The number of rotatable bonds is 7. The van der Waals surface area contributed by atoms with Crippen molar-refractivity contribution in [3.05, 3.63) is 93.0 Å². The van der Waals surface area contributed by atoms with Crippen LogP contribution in [0.25, 0.3) is 0 Å². The fraction of sp³-hybridized carbons (Fsp3) is 0.174. The number of carbonyl (C=O) groups excluding carboxylic acids is 1. The van der Waals surface area contributed by atoms with E-state index in [4.69, 9.17) is 32.5 Å². The Bertz CT molecular complexity index is 1270. The number of carbonyl (C=O) groups is 1. The number of amides is 1. The summed E-state index contributed by atoms with van der Waals surface area (Å²) in [6.45, 7) is 4.35. The standard InChI is InChI=1S/C23H20Cl2N4O3/c1-14-5-3-4-6-21(14)31-13-18-15(2)32-28-22(18)23(30)27-17-10-26-29(12-17)11-16-7-8-19(24)20(25)9-16/h3-10,12H,11,13H2,1-2H3,(H,27,30). The molecule has 0 unspecified atom stereocenters. The summed E-state index contributed by atoms with van der Waals surface area (Å²) in [6.07, 6.45) is 3.28. The Morgan fingerprint density at radius 2 is 1.97 bits per heavy atom. The molecule has 2 aromatic heterocycles. The molecule has 32 heavy (non-hydrogen) atoms. The molecule has 7 nitrogen and oxygen atoms in total. The maximum atomic E-state index is 12.8. The first-order valence-corrected chi connectivity index (χ1v) is 10.6. The molecule has 0 aliphatic heterocycles. The van der Waals surface area contributed by atoms with E-state index in [9.17, 15) is 4.79 Å². The average molecular weight is 471 g/mol. The van der Waals surface area contributed by atoms with Gasteiger partial charge in [-0.3, -0.25) is 9.48 Å². The fourth-order valence-corrected chi connectivity index (χ4v) is 3.46. The van der Waals surface area contributed by atoms with Crippen LogP contribution in [0, 0.1) is 13.8 Å². The van der Waals surface area contributed by atoms with Crippen molar-refractivity contribution in [3.63, 3.8) is 0 Å². The molecular formula is C23H20Cl2N4O3. The molecule has 164 valence electrons. The minimum absolute atomic E-state index is 0.166. The first-order chi connectivity index (χ1) is 15.4. The van der Waals surface area contributed by atoms with Gasteiger partial charge in [0, 0.05) is 6.20 Å². The van der Waals surface area contributed by atoms with Gasteiger partial charge in [-0.05, 0) is 43.2 Å². The van der Waals surface area contributed by atoms with Crippen LogP contribution in [0.1, 0.15) is 32.9 Å². The van der Waals surface area contributed by atoms with Crippen molar-refractivity contribution in [2.24, 2.45) is 0 Å². The summed E-state index contributed by atoms with van der Waals surface area (Å²) >= 11 is 12.0. The molecular weight excluding hydrogens is 451 g/mol. The predicted molar refractivity (Wildman–Crippen MR) is 122 cm³/mol. The number of hydrogen-bond donors (Lipinski definition) is 1. The third-order valence-electron chi connectivity index (χ3n) is 4.89. The Hall–Kier alpha value is -3.29. The van der Waals surface area contributed by atoms with Gasteiger partial charge in [0.1, 0.15) is 18.1 Å². The highest BCUT2D eigenvalue weighted by Gasteiger charge is 2.21. The van der Waals surface area contributed by atoms with Crippen molar-refractivity contribution in [1.29, 1.82) is 0 Å². The van der Waals surface area contributed by atoms with Gasteiger partial charge in [-0.2, -0.15) is 5.10 Å². The van der Waals surface area contributed by atoms with E-state index in [2.05, 4.69) is 15.6 Å². The van der Waals surface area contributed by atoms with Crippen LogP contribution in [0.2, 0.25) is 10.0 Å². The molecule has 2 aromatic carbocycles. The van der Waals surface area contributed by atoms with Crippen molar-refractivity contribution in [2.45, 2.75) is 27.0 Å². The number of nitrogens with one attached hydrogen (secondary N) is 1. The largest absolute Gasteiger partial charge is 0.488 e. The Morgan fingerprint density at radius 1 is 1.16 bits per heavy atom. The van der Waals surface area contributed by atoms with Crippen LogP contribution in [0.5, 0.6) is 5.75 Å². The number of aromatic nitrogens is 3. The van der Waals surface area contributed by atoms with Crippen molar-refractivity contribution < 1.29 is 14.1 Å². The zero-order valence-corrected chi connectivity index (χ0v) is 18.9. The Balaban J connectivity index is 1.43. The molecule has 0 fully saturated rings. The van der Waals surface area contributed by atoms with E-state index in [1.54, 1.807) is 36.1 Å². The molecule has 0 atom stereocenters. The number of ether oxygens (including phenoxy) is 1. The van der Waals surface area contributed by atoms with Crippen LogP contribution in [0.3, 0.4) is 0 Å². The van der Waals surface area contributed by atoms with E-state index >= 15 is 0 Å². The van der Waals surface area contributed by atoms with Gasteiger partial charge in [0.05, 0.1) is 34.0 Å². The van der Waals surface area contributed by atoms with E-state index in [0.29, 0.717) is 33.6 Å². The van der Waals surface area contributed by atoms with Gasteiger partial charge < -0.3 is 14.6 Å². The van der Waals surface area contributed by atoms with Crippen LogP contribution in [0.4, 0.5) is 5.69 Å². The first-order valence-electron chi connectivity index (χ1n) is 9.82. The maximum Gasteiger partial charge on any atom is 0.278 e. The number of anilines is 1. The summed E-state index contributed by atoms with van der Waals surface area (Å²) < 4.78 is 12.8. The van der Waals surface area contributed by atoms with Crippen molar-refractivity contribution in [2.75, 3.05) is 5.32 Å². The molecule has 9 heteroatoms. The Labute approximate surface area is 194 Å². The molecule has 4 aromatic rings. The summed E-state index contributed by atoms with van der Waals surface area (Å²) in [5, 5.41) is 12.0. The number of benzene rings is 2. The van der Waals surface area contributed by atoms with Crippen LogP contribution < -0.4 is 10.1 Å². The van der Waals surface area contributed by atoms with E-state index in [1.165, 1.54) is 0 Å². The molecule has 2 heterocycles. The first kappa shape index (κ1) is 21.9. The maximum absolute atomic E-state index is 12.8. The smallest absolute Gasteiger partial charge is 0.278 e. The van der Waals surface area contributed by atoms with Crippen LogP contribution in [0.15, 0.2) is 59.4 Å². The monoisotopic (exact) mass is 470 g/mol. The van der Waals surface area contributed by atoms with Gasteiger partial charge in [0.2, 0.25) is 0 Å². The van der Waals surface area contributed by atoms with Gasteiger partial charge in [-0.1, -0.05) is 52.6 Å². The number of halogens is 2. The minimum Gasteiger partial charge on any atom is -0.488 e. The highest BCUT2D eigenvalue weighted by atomic mass is 35.5. The fourth-order valence-electron chi connectivity index (χ4n) is 3.14. The summed E-state index contributed by atoms with van der Waals surface area (Å²) in [7, 11) is 0. The van der Waals surface area contributed by atoms with E-state index in [1.807, 2.05) is 37.3 Å². The van der Waals surface area contributed by atoms with Gasteiger partial charge in [-0.25, -0.2) is 0 Å². The van der Waals surface area contributed by atoms with Gasteiger partial charge in [0.25, 0.3) is 5.91 Å². The summed E-state index contributed by atoms with van der Waals surface area (Å²) in [6, 6.07) is 13.0. The van der Waals surface area contributed by atoms with Crippen molar-refractivity contribution >= 4 is 34.8 Å². The van der Waals surface area contributed by atoms with Crippen LogP contribution in [-0.2, 0) is 13.2 Å². The zero-order valence-electron chi connectivity index (χ0n) is 17.4. The number of nitrogens with zero attached hydrogens (tertiary/aromatic N) is 3. The Kier molecular flexibility index (Phi) is 6.48. The number of hydrogen-bond acceptors (Lipinski definition) is 5. The van der Waals surface area contributed by atoms with Gasteiger partial charge in [0.15, 0.2) is 5.69 Å². The molecule has 1 amide bonds. The second-order valence-corrected chi connectivity index (χ2v) is 8.06. The third kappa shape index (κ3) is 4.95. The highest BCUT2D eigenvalue weighted by Crippen LogP contribution is 2.24. The lowest BCUT2D eigenvalue weighted by molar-refractivity contribution is 0.101. The topological polar surface area (TPSA) is 82.2 Å².